The number of halogens is 3. The molecule has 0 spiro atoms. The number of anilines is 1. The Morgan fingerprint density at radius 3 is 2.34 bits per heavy atom. The molecule has 3 N–H and O–H groups in total. The molecular formula is C20H11F3N4O2. The number of nitrogen functional groups attached to an aromatic ring is 1. The lowest BCUT2D eigenvalue weighted by molar-refractivity contribution is 0.284. The fraction of sp³-hybridized carbons (Fsp3) is 0.0500. The van der Waals surface area contributed by atoms with Crippen LogP contribution >= 0.6 is 0 Å². The third-order valence-electron chi connectivity index (χ3n) is 4.09. The lowest BCUT2D eigenvalue weighted by Crippen LogP contribution is -2.16. The van der Waals surface area contributed by atoms with Crippen LogP contribution in [0.15, 0.2) is 41.2 Å². The Kier molecular flexibility index (Phi) is 5.24. The van der Waals surface area contributed by atoms with Crippen LogP contribution in [0, 0.1) is 40.1 Å². The molecule has 29 heavy (non-hydrogen) atoms. The summed E-state index contributed by atoms with van der Waals surface area (Å²) in [4.78, 5) is 14.1. The Hall–Kier alpha value is -4.24. The van der Waals surface area contributed by atoms with Crippen LogP contribution < -0.4 is 16.0 Å². The second kappa shape index (κ2) is 7.79. The molecule has 2 aromatic carbocycles. The molecule has 6 nitrogen and oxygen atoms in total. The van der Waals surface area contributed by atoms with Crippen molar-refractivity contribution in [2.75, 3.05) is 5.73 Å². The van der Waals surface area contributed by atoms with E-state index in [9.17, 15) is 28.5 Å². The lowest BCUT2D eigenvalue weighted by Gasteiger charge is -2.12. The highest BCUT2D eigenvalue weighted by Crippen LogP contribution is 2.31. The molecule has 0 atom stereocenters. The molecule has 1 aromatic heterocycles. The maximum Gasteiger partial charge on any atom is 0.268 e. The van der Waals surface area contributed by atoms with E-state index in [1.54, 1.807) is 12.1 Å². The summed E-state index contributed by atoms with van der Waals surface area (Å²) in [6, 6.07) is 9.86. The molecule has 3 rings (SSSR count). The fourth-order valence-corrected chi connectivity index (χ4v) is 2.70. The van der Waals surface area contributed by atoms with Crippen molar-refractivity contribution in [3.8, 4) is 29.0 Å². The van der Waals surface area contributed by atoms with Crippen molar-refractivity contribution in [3.05, 3.63) is 80.9 Å². The SMILES string of the molecule is N#Cc1c(N)[nH]c(=O)c(C#N)c1-c1ccc(OCc2ccc(F)cc2F)c(F)c1. The van der Waals surface area contributed by atoms with Gasteiger partial charge in [-0.3, -0.25) is 4.79 Å². The minimum Gasteiger partial charge on any atom is -0.486 e. The Balaban J connectivity index is 1.98. The number of nitrogens with one attached hydrogen (secondary N) is 1. The molecule has 0 aliphatic heterocycles. The first-order chi connectivity index (χ1) is 13.8. The molecule has 0 radical (unpaired) electrons. The largest absolute Gasteiger partial charge is 0.486 e. The Morgan fingerprint density at radius 2 is 1.72 bits per heavy atom. The highest BCUT2D eigenvalue weighted by molar-refractivity contribution is 5.80. The number of hydrogen-bond acceptors (Lipinski definition) is 5. The number of aromatic nitrogens is 1. The summed E-state index contributed by atoms with van der Waals surface area (Å²) in [5.74, 6) is -2.96. The van der Waals surface area contributed by atoms with Crippen molar-refractivity contribution in [2.24, 2.45) is 0 Å². The molecule has 0 saturated heterocycles. The number of benzene rings is 2. The average Bonchev–Trinajstić information content (AvgIpc) is 2.67. The monoisotopic (exact) mass is 396 g/mol. The standard InChI is InChI=1S/C20H11F3N4O2/c21-12-3-1-11(15(22)6-12)9-29-17-4-2-10(5-16(17)23)18-13(7-24)19(26)27-20(28)14(18)8-25/h1-6H,9H2,(H3,26,27,28). The zero-order valence-corrected chi connectivity index (χ0v) is 14.6. The normalized spacial score (nSPS) is 10.2. The van der Waals surface area contributed by atoms with Gasteiger partial charge in [-0.05, 0) is 29.8 Å². The van der Waals surface area contributed by atoms with E-state index in [0.29, 0.717) is 6.07 Å². The third-order valence-corrected chi connectivity index (χ3v) is 4.09. The van der Waals surface area contributed by atoms with E-state index in [4.69, 9.17) is 10.5 Å². The molecular weight excluding hydrogens is 385 g/mol. The number of nitrogens with two attached hydrogens (primary N) is 1. The summed E-state index contributed by atoms with van der Waals surface area (Å²) in [5.41, 5.74) is 4.23. The topological polar surface area (TPSA) is 116 Å². The number of nitrogens with zero attached hydrogens (tertiary/aromatic N) is 2. The van der Waals surface area contributed by atoms with Gasteiger partial charge in [0.05, 0.1) is 0 Å². The lowest BCUT2D eigenvalue weighted by atomic mass is 9.96. The molecule has 0 aliphatic carbocycles. The van der Waals surface area contributed by atoms with Crippen LogP contribution in [0.2, 0.25) is 0 Å². The van der Waals surface area contributed by atoms with Crippen LogP contribution in [-0.4, -0.2) is 4.98 Å². The van der Waals surface area contributed by atoms with Crippen LogP contribution in [0.1, 0.15) is 16.7 Å². The molecule has 3 aromatic rings. The number of hydrogen-bond donors (Lipinski definition) is 2. The molecule has 0 saturated carbocycles. The van der Waals surface area contributed by atoms with E-state index in [1.165, 1.54) is 18.2 Å². The number of pyridine rings is 1. The number of ether oxygens (including phenoxy) is 1. The molecule has 144 valence electrons. The van der Waals surface area contributed by atoms with Crippen molar-refractivity contribution < 1.29 is 17.9 Å². The maximum atomic E-state index is 14.5. The van der Waals surface area contributed by atoms with Crippen LogP contribution in [0.4, 0.5) is 19.0 Å². The van der Waals surface area contributed by atoms with Gasteiger partial charge in [0, 0.05) is 17.2 Å². The van der Waals surface area contributed by atoms with Crippen molar-refractivity contribution in [2.45, 2.75) is 6.61 Å². The molecule has 0 unspecified atom stereocenters. The number of aromatic amines is 1. The second-order valence-electron chi connectivity index (χ2n) is 5.89. The van der Waals surface area contributed by atoms with E-state index >= 15 is 0 Å². The number of rotatable bonds is 4. The minimum atomic E-state index is -0.878. The zero-order valence-electron chi connectivity index (χ0n) is 14.6. The molecule has 0 amide bonds. The average molecular weight is 396 g/mol. The van der Waals surface area contributed by atoms with Crippen molar-refractivity contribution in [3.63, 3.8) is 0 Å². The third kappa shape index (κ3) is 3.75. The van der Waals surface area contributed by atoms with E-state index < -0.39 is 28.6 Å². The van der Waals surface area contributed by atoms with Crippen LogP contribution in [0.5, 0.6) is 5.75 Å². The predicted molar refractivity (Wildman–Crippen MR) is 97.0 cm³/mol. The van der Waals surface area contributed by atoms with Crippen LogP contribution in [0.3, 0.4) is 0 Å². The molecule has 1 heterocycles. The smallest absolute Gasteiger partial charge is 0.268 e. The molecule has 0 fully saturated rings. The van der Waals surface area contributed by atoms with Gasteiger partial charge in [-0.25, -0.2) is 13.2 Å². The summed E-state index contributed by atoms with van der Waals surface area (Å²) >= 11 is 0. The van der Waals surface area contributed by atoms with Crippen molar-refractivity contribution >= 4 is 5.82 Å². The second-order valence-corrected chi connectivity index (χ2v) is 5.89. The van der Waals surface area contributed by atoms with E-state index in [1.807, 2.05) is 0 Å². The van der Waals surface area contributed by atoms with Crippen molar-refractivity contribution in [1.29, 1.82) is 10.5 Å². The van der Waals surface area contributed by atoms with Crippen LogP contribution in [-0.2, 0) is 6.61 Å². The van der Waals surface area contributed by atoms with E-state index in [-0.39, 0.29) is 40.4 Å². The Labute approximate surface area is 162 Å². The quantitative estimate of drug-likeness (QED) is 0.702. The maximum absolute atomic E-state index is 14.5. The first-order valence-corrected chi connectivity index (χ1v) is 8.08. The summed E-state index contributed by atoms with van der Waals surface area (Å²) in [5, 5.41) is 18.6. The van der Waals surface area contributed by atoms with E-state index in [2.05, 4.69) is 4.98 Å². The summed E-state index contributed by atoms with van der Waals surface area (Å²) < 4.78 is 46.4. The molecule has 0 bridgehead atoms. The first-order valence-electron chi connectivity index (χ1n) is 8.08. The van der Waals surface area contributed by atoms with Gasteiger partial charge in [-0.15, -0.1) is 0 Å². The van der Waals surface area contributed by atoms with Gasteiger partial charge < -0.3 is 15.5 Å². The predicted octanol–water partition coefficient (Wildman–Crippen LogP) is 3.36. The molecule has 0 aliphatic rings. The van der Waals surface area contributed by atoms with Gasteiger partial charge in [-0.2, -0.15) is 10.5 Å². The molecule has 9 heteroatoms. The van der Waals surface area contributed by atoms with Crippen molar-refractivity contribution in [1.82, 2.24) is 4.98 Å². The first kappa shape index (κ1) is 19.5. The van der Waals surface area contributed by atoms with Gasteiger partial charge in [0.1, 0.15) is 47.3 Å². The highest BCUT2D eigenvalue weighted by Gasteiger charge is 2.19. The number of nitriles is 2. The Bertz CT molecular complexity index is 1260. The summed E-state index contributed by atoms with van der Waals surface area (Å²) in [7, 11) is 0. The van der Waals surface area contributed by atoms with Gasteiger partial charge >= 0.3 is 0 Å². The zero-order chi connectivity index (χ0) is 21.1. The number of H-pyrrole nitrogens is 1. The summed E-state index contributed by atoms with van der Waals surface area (Å²) in [6.45, 7) is -0.354. The van der Waals surface area contributed by atoms with Gasteiger partial charge in [-0.1, -0.05) is 6.07 Å². The highest BCUT2D eigenvalue weighted by atomic mass is 19.1. The van der Waals surface area contributed by atoms with Gasteiger partial charge in [0.15, 0.2) is 11.6 Å². The Morgan fingerprint density at radius 1 is 1.00 bits per heavy atom. The van der Waals surface area contributed by atoms with Gasteiger partial charge in [0.25, 0.3) is 5.56 Å². The fourth-order valence-electron chi connectivity index (χ4n) is 2.70. The summed E-state index contributed by atoms with van der Waals surface area (Å²) in [6.07, 6.45) is 0. The van der Waals surface area contributed by atoms with E-state index in [0.717, 1.165) is 12.1 Å². The minimum absolute atomic E-state index is 0.0239. The van der Waals surface area contributed by atoms with Crippen LogP contribution in [0.25, 0.3) is 11.1 Å². The van der Waals surface area contributed by atoms with Gasteiger partial charge in [0.2, 0.25) is 0 Å².